The minimum Gasteiger partial charge on any atom is -0.366 e. The first-order chi connectivity index (χ1) is 10.5. The van der Waals surface area contributed by atoms with E-state index in [0.717, 1.165) is 24.5 Å². The second-order valence-corrected chi connectivity index (χ2v) is 6.87. The van der Waals surface area contributed by atoms with Gasteiger partial charge in [0.1, 0.15) is 0 Å². The molecular formula is C18H26N2OS. The fourth-order valence-electron chi connectivity index (χ4n) is 3.06. The minimum atomic E-state index is -0.223. The molecule has 1 aliphatic heterocycles. The van der Waals surface area contributed by atoms with Gasteiger partial charge < -0.3 is 10.2 Å². The van der Waals surface area contributed by atoms with E-state index in [4.69, 9.17) is 12.2 Å². The predicted octanol–water partition coefficient (Wildman–Crippen LogP) is 3.18. The van der Waals surface area contributed by atoms with Crippen LogP contribution in [0.15, 0.2) is 30.3 Å². The van der Waals surface area contributed by atoms with Crippen LogP contribution in [-0.2, 0) is 11.2 Å². The van der Waals surface area contributed by atoms with Crippen LogP contribution < -0.4 is 5.32 Å². The van der Waals surface area contributed by atoms with E-state index in [1.54, 1.807) is 6.92 Å². The van der Waals surface area contributed by atoms with Gasteiger partial charge in [0.2, 0.25) is 5.91 Å². The van der Waals surface area contributed by atoms with Gasteiger partial charge in [0.25, 0.3) is 0 Å². The van der Waals surface area contributed by atoms with Crippen molar-refractivity contribution in [3.8, 4) is 0 Å². The third kappa shape index (κ3) is 4.54. The van der Waals surface area contributed by atoms with Gasteiger partial charge in [-0.2, -0.15) is 0 Å². The number of piperidine rings is 1. The van der Waals surface area contributed by atoms with Crippen LogP contribution >= 0.6 is 12.2 Å². The average Bonchev–Trinajstić information content (AvgIpc) is 2.54. The fourth-order valence-corrected chi connectivity index (χ4v) is 3.39. The van der Waals surface area contributed by atoms with Crippen molar-refractivity contribution >= 4 is 23.1 Å². The maximum atomic E-state index is 11.4. The van der Waals surface area contributed by atoms with E-state index >= 15 is 0 Å². The van der Waals surface area contributed by atoms with Gasteiger partial charge in [-0.15, -0.1) is 0 Å². The molecule has 4 heteroatoms. The molecule has 0 saturated carbocycles. The molecule has 0 spiro atoms. The van der Waals surface area contributed by atoms with Gasteiger partial charge in [0.15, 0.2) is 0 Å². The van der Waals surface area contributed by atoms with Crippen LogP contribution in [0, 0.1) is 5.41 Å². The number of thiocarbonyl (C=S) groups is 1. The lowest BCUT2D eigenvalue weighted by molar-refractivity contribution is -0.119. The summed E-state index contributed by atoms with van der Waals surface area (Å²) in [5.74, 6) is 0.000677. The van der Waals surface area contributed by atoms with E-state index in [1.807, 2.05) is 6.07 Å². The van der Waals surface area contributed by atoms with Crippen LogP contribution in [0.3, 0.4) is 0 Å². The highest BCUT2D eigenvalue weighted by Crippen LogP contribution is 2.28. The third-order valence-corrected chi connectivity index (χ3v) is 5.08. The predicted molar refractivity (Wildman–Crippen MR) is 95.0 cm³/mol. The highest BCUT2D eigenvalue weighted by Gasteiger charge is 2.34. The number of benzene rings is 1. The molecule has 1 heterocycles. The molecule has 2 rings (SSSR count). The first kappa shape index (κ1) is 16.9. The molecule has 1 atom stereocenters. The number of hydrogen-bond acceptors (Lipinski definition) is 2. The summed E-state index contributed by atoms with van der Waals surface area (Å²) >= 11 is 5.83. The van der Waals surface area contributed by atoms with E-state index in [2.05, 4.69) is 41.4 Å². The molecule has 0 bridgehead atoms. The van der Waals surface area contributed by atoms with Gasteiger partial charge in [0, 0.05) is 32.0 Å². The molecule has 1 amide bonds. The lowest BCUT2D eigenvalue weighted by Crippen LogP contribution is -2.49. The zero-order valence-electron chi connectivity index (χ0n) is 13.6. The number of carbonyl (C=O) groups excluding carboxylic acids is 1. The summed E-state index contributed by atoms with van der Waals surface area (Å²) in [6, 6.07) is 10.4. The average molecular weight is 318 g/mol. The molecule has 1 saturated heterocycles. The Hall–Kier alpha value is -1.42. The van der Waals surface area contributed by atoms with Crippen molar-refractivity contribution in [1.82, 2.24) is 10.2 Å². The first-order valence-corrected chi connectivity index (χ1v) is 8.50. The Balaban J connectivity index is 2.15. The quantitative estimate of drug-likeness (QED) is 0.846. The molecule has 1 aromatic rings. The van der Waals surface area contributed by atoms with Crippen molar-refractivity contribution in [2.75, 3.05) is 19.6 Å². The minimum absolute atomic E-state index is 0.000677. The SMILES string of the molecule is CC(=O)NC[C@](C)(Cc1ccccc1)C(=S)N1CCCCC1. The topological polar surface area (TPSA) is 32.3 Å². The van der Waals surface area contributed by atoms with Crippen LogP contribution in [-0.4, -0.2) is 35.4 Å². The van der Waals surface area contributed by atoms with Crippen LogP contribution in [0.2, 0.25) is 0 Å². The Morgan fingerprint density at radius 2 is 1.86 bits per heavy atom. The van der Waals surface area contributed by atoms with Crippen molar-refractivity contribution in [2.24, 2.45) is 5.41 Å². The molecule has 0 unspecified atom stereocenters. The van der Waals surface area contributed by atoms with Crippen molar-refractivity contribution in [3.05, 3.63) is 35.9 Å². The summed E-state index contributed by atoms with van der Waals surface area (Å²) in [6.45, 7) is 6.42. The number of hydrogen-bond donors (Lipinski definition) is 1. The molecule has 22 heavy (non-hydrogen) atoms. The smallest absolute Gasteiger partial charge is 0.216 e. The standard InChI is InChI=1S/C18H26N2OS/c1-15(21)19-14-18(2,13-16-9-5-3-6-10-16)17(22)20-11-7-4-8-12-20/h3,5-6,9-10H,4,7-8,11-14H2,1-2H3,(H,19,21)/t18-/m0/s1. The molecule has 120 valence electrons. The number of nitrogens with zero attached hydrogens (tertiary/aromatic N) is 1. The van der Waals surface area contributed by atoms with E-state index in [0.29, 0.717) is 6.54 Å². The number of amides is 1. The van der Waals surface area contributed by atoms with Gasteiger partial charge in [-0.25, -0.2) is 0 Å². The Labute approximate surface area is 139 Å². The van der Waals surface area contributed by atoms with E-state index in [9.17, 15) is 4.79 Å². The molecule has 1 aliphatic rings. The zero-order chi connectivity index (χ0) is 16.0. The largest absolute Gasteiger partial charge is 0.366 e. The molecule has 1 aromatic carbocycles. The molecule has 1 fully saturated rings. The molecular weight excluding hydrogens is 292 g/mol. The maximum absolute atomic E-state index is 11.4. The Morgan fingerprint density at radius 3 is 2.45 bits per heavy atom. The Bertz CT molecular complexity index is 511. The van der Waals surface area contributed by atoms with Crippen LogP contribution in [0.4, 0.5) is 0 Å². The second kappa shape index (κ2) is 7.73. The second-order valence-electron chi connectivity index (χ2n) is 6.49. The summed E-state index contributed by atoms with van der Waals surface area (Å²) < 4.78 is 0. The fraction of sp³-hybridized carbons (Fsp3) is 0.556. The van der Waals surface area contributed by atoms with E-state index in [-0.39, 0.29) is 11.3 Å². The number of rotatable bonds is 5. The zero-order valence-corrected chi connectivity index (χ0v) is 14.4. The third-order valence-electron chi connectivity index (χ3n) is 4.32. The highest BCUT2D eigenvalue weighted by atomic mass is 32.1. The summed E-state index contributed by atoms with van der Waals surface area (Å²) in [7, 11) is 0. The van der Waals surface area contributed by atoms with Crippen molar-refractivity contribution < 1.29 is 4.79 Å². The number of nitrogens with one attached hydrogen (secondary N) is 1. The van der Waals surface area contributed by atoms with Gasteiger partial charge in [-0.1, -0.05) is 49.5 Å². The first-order valence-electron chi connectivity index (χ1n) is 8.09. The van der Waals surface area contributed by atoms with Gasteiger partial charge in [0.05, 0.1) is 4.99 Å². The summed E-state index contributed by atoms with van der Waals surface area (Å²) in [6.07, 6.45) is 4.56. The summed E-state index contributed by atoms with van der Waals surface area (Å²) in [5.41, 5.74) is 1.04. The van der Waals surface area contributed by atoms with E-state index in [1.165, 1.54) is 24.8 Å². The number of likely N-dealkylation sites (tertiary alicyclic amines) is 1. The maximum Gasteiger partial charge on any atom is 0.216 e. The normalized spacial score (nSPS) is 17.6. The summed E-state index contributed by atoms with van der Waals surface area (Å²) in [5, 5.41) is 2.97. The monoisotopic (exact) mass is 318 g/mol. The Morgan fingerprint density at radius 1 is 1.23 bits per heavy atom. The molecule has 0 aromatic heterocycles. The molecule has 1 N–H and O–H groups in total. The lowest BCUT2D eigenvalue weighted by Gasteiger charge is -2.39. The van der Waals surface area contributed by atoms with Gasteiger partial charge >= 0.3 is 0 Å². The Kier molecular flexibility index (Phi) is 5.95. The van der Waals surface area contributed by atoms with Crippen molar-refractivity contribution in [3.63, 3.8) is 0 Å². The molecule has 0 aliphatic carbocycles. The summed E-state index contributed by atoms with van der Waals surface area (Å²) in [4.78, 5) is 14.7. The van der Waals surface area contributed by atoms with Gasteiger partial charge in [-0.05, 0) is 31.2 Å². The van der Waals surface area contributed by atoms with Gasteiger partial charge in [-0.3, -0.25) is 4.79 Å². The van der Waals surface area contributed by atoms with Crippen LogP contribution in [0.25, 0.3) is 0 Å². The highest BCUT2D eigenvalue weighted by molar-refractivity contribution is 7.80. The van der Waals surface area contributed by atoms with Crippen LogP contribution in [0.1, 0.15) is 38.7 Å². The van der Waals surface area contributed by atoms with Crippen molar-refractivity contribution in [1.29, 1.82) is 0 Å². The number of carbonyl (C=O) groups is 1. The van der Waals surface area contributed by atoms with Crippen LogP contribution in [0.5, 0.6) is 0 Å². The van der Waals surface area contributed by atoms with E-state index < -0.39 is 0 Å². The molecule has 3 nitrogen and oxygen atoms in total. The van der Waals surface area contributed by atoms with Crippen molar-refractivity contribution in [2.45, 2.75) is 39.5 Å². The molecule has 0 radical (unpaired) electrons. The lowest BCUT2D eigenvalue weighted by atomic mass is 9.82.